The third kappa shape index (κ3) is 3.35. The van der Waals surface area contributed by atoms with Crippen LogP contribution in [0, 0.1) is 19.8 Å². The predicted octanol–water partition coefficient (Wildman–Crippen LogP) is 2.62. The second kappa shape index (κ2) is 7.15. The van der Waals surface area contributed by atoms with Crippen molar-refractivity contribution in [3.63, 3.8) is 0 Å². The standard InChI is InChI=1S/C18H20N2O4S2/c1-10-6-7-15(11(2)8-10)18(20-19)26(23,24)17-13(4)9-12(3)16(14(17)5)25(21)22/h6-9,14H,1-5H3. The maximum Gasteiger partial charge on any atom is 0.416 e. The Morgan fingerprint density at radius 2 is 1.77 bits per heavy atom. The summed E-state index contributed by atoms with van der Waals surface area (Å²) in [5.41, 5.74) is 12.3. The first-order valence-corrected chi connectivity index (χ1v) is 10.5. The second-order valence-electron chi connectivity index (χ2n) is 6.42. The van der Waals surface area contributed by atoms with Crippen LogP contribution in [0.15, 0.2) is 40.3 Å². The van der Waals surface area contributed by atoms with E-state index in [9.17, 15) is 22.4 Å². The highest BCUT2D eigenvalue weighted by Crippen LogP contribution is 2.33. The van der Waals surface area contributed by atoms with Gasteiger partial charge in [-0.3, -0.25) is 0 Å². The molecular weight excluding hydrogens is 372 g/mol. The minimum atomic E-state index is -4.21. The van der Waals surface area contributed by atoms with E-state index in [-0.39, 0.29) is 15.3 Å². The van der Waals surface area contributed by atoms with E-state index in [1.807, 2.05) is 6.92 Å². The summed E-state index contributed by atoms with van der Waals surface area (Å²) in [6.45, 7) is 8.35. The Morgan fingerprint density at radius 1 is 1.15 bits per heavy atom. The van der Waals surface area contributed by atoms with Gasteiger partial charge in [-0.2, -0.15) is 13.2 Å². The van der Waals surface area contributed by atoms with Crippen LogP contribution < -0.4 is 0 Å². The van der Waals surface area contributed by atoms with Crippen LogP contribution in [0.4, 0.5) is 0 Å². The van der Waals surface area contributed by atoms with Crippen LogP contribution in [-0.4, -0.2) is 31.5 Å². The molecule has 0 aromatic heterocycles. The van der Waals surface area contributed by atoms with Gasteiger partial charge in [0.25, 0.3) is 9.84 Å². The van der Waals surface area contributed by atoms with E-state index in [0.717, 1.165) is 5.56 Å². The topological polar surface area (TPSA) is 105 Å². The van der Waals surface area contributed by atoms with E-state index >= 15 is 0 Å². The van der Waals surface area contributed by atoms with Crippen molar-refractivity contribution in [2.45, 2.75) is 34.6 Å². The molecule has 0 fully saturated rings. The van der Waals surface area contributed by atoms with Gasteiger partial charge >= 0.3 is 5.04 Å². The van der Waals surface area contributed by atoms with Crippen molar-refractivity contribution in [3.05, 3.63) is 62.5 Å². The normalized spacial score (nSPS) is 17.7. The molecule has 26 heavy (non-hydrogen) atoms. The number of aryl methyl sites for hydroxylation is 2. The highest BCUT2D eigenvalue weighted by atomic mass is 32.2. The number of allylic oxidation sites excluding steroid dienone is 4. The number of benzene rings is 1. The summed E-state index contributed by atoms with van der Waals surface area (Å²) in [6.07, 6.45) is 1.52. The fourth-order valence-electron chi connectivity index (χ4n) is 3.40. The first-order chi connectivity index (χ1) is 12.0. The summed E-state index contributed by atoms with van der Waals surface area (Å²) in [4.78, 5) is 3.01. The lowest BCUT2D eigenvalue weighted by molar-refractivity contribution is 0.000626. The molecule has 1 aliphatic carbocycles. The van der Waals surface area contributed by atoms with Crippen molar-refractivity contribution in [1.82, 2.24) is 0 Å². The van der Waals surface area contributed by atoms with Gasteiger partial charge in [0.2, 0.25) is 10.3 Å². The van der Waals surface area contributed by atoms with Crippen molar-refractivity contribution in [3.8, 4) is 0 Å². The number of hydrogen-bond acceptors (Lipinski definition) is 4. The lowest BCUT2D eigenvalue weighted by Gasteiger charge is -2.22. The molecule has 0 radical (unpaired) electrons. The van der Waals surface area contributed by atoms with E-state index in [1.165, 1.54) is 13.0 Å². The zero-order valence-electron chi connectivity index (χ0n) is 15.2. The van der Waals surface area contributed by atoms with Crippen LogP contribution in [0.3, 0.4) is 0 Å². The smallest absolute Gasteiger partial charge is 0.360 e. The SMILES string of the molecule is CC1=CC(C)=C(S(=O)(=O)C(=[N+]=[N-])c2ccc(C)cc2C)C(C)C1=S(=O)=O. The Bertz CT molecular complexity index is 1140. The average Bonchev–Trinajstić information content (AvgIpc) is 2.48. The molecule has 0 amide bonds. The molecule has 0 aliphatic heterocycles. The number of nitrogens with zero attached hydrogens (tertiary/aromatic N) is 2. The van der Waals surface area contributed by atoms with Gasteiger partial charge in [-0.15, -0.1) is 0 Å². The fraction of sp³-hybridized carbons (Fsp3) is 0.333. The van der Waals surface area contributed by atoms with Crippen LogP contribution in [-0.2, 0) is 20.1 Å². The summed E-state index contributed by atoms with van der Waals surface area (Å²) < 4.78 is 49.7. The molecule has 0 heterocycles. The predicted molar refractivity (Wildman–Crippen MR) is 102 cm³/mol. The van der Waals surface area contributed by atoms with Crippen molar-refractivity contribution in [1.29, 1.82) is 0 Å². The Morgan fingerprint density at radius 3 is 2.27 bits per heavy atom. The van der Waals surface area contributed by atoms with Gasteiger partial charge in [-0.05, 0) is 50.5 Å². The van der Waals surface area contributed by atoms with Crippen LogP contribution in [0.2, 0.25) is 0 Å². The van der Waals surface area contributed by atoms with Gasteiger partial charge in [0.1, 0.15) is 0 Å². The number of sulfone groups is 1. The zero-order valence-corrected chi connectivity index (χ0v) is 16.9. The largest absolute Gasteiger partial charge is 0.416 e. The molecule has 2 rings (SSSR count). The molecule has 0 bridgehead atoms. The van der Waals surface area contributed by atoms with Gasteiger partial charge < -0.3 is 5.53 Å². The van der Waals surface area contributed by atoms with E-state index in [1.54, 1.807) is 39.0 Å². The minimum Gasteiger partial charge on any atom is -0.360 e. The molecule has 1 atom stereocenters. The molecule has 138 valence electrons. The lowest BCUT2D eigenvalue weighted by Crippen LogP contribution is -2.30. The molecule has 0 N–H and O–H groups in total. The van der Waals surface area contributed by atoms with Gasteiger partial charge in [-0.25, -0.2) is 8.42 Å². The van der Waals surface area contributed by atoms with Crippen LogP contribution >= 0.6 is 0 Å². The summed E-state index contributed by atoms with van der Waals surface area (Å²) >= 11 is 0. The van der Waals surface area contributed by atoms with E-state index in [2.05, 4.69) is 4.79 Å². The molecule has 1 aromatic rings. The molecule has 1 unspecified atom stereocenters. The van der Waals surface area contributed by atoms with Gasteiger partial charge in [0.15, 0.2) is 0 Å². The quantitative estimate of drug-likeness (QED) is 0.254. The van der Waals surface area contributed by atoms with Crippen molar-refractivity contribution in [2.75, 3.05) is 0 Å². The summed E-state index contributed by atoms with van der Waals surface area (Å²) in [7, 11) is -6.76. The van der Waals surface area contributed by atoms with Crippen LogP contribution in [0.5, 0.6) is 0 Å². The van der Waals surface area contributed by atoms with Gasteiger partial charge in [0.05, 0.1) is 15.3 Å². The molecule has 1 aromatic carbocycles. The van der Waals surface area contributed by atoms with Crippen LogP contribution in [0.25, 0.3) is 5.53 Å². The Kier molecular flexibility index (Phi) is 5.51. The van der Waals surface area contributed by atoms with E-state index in [4.69, 9.17) is 0 Å². The molecule has 8 heteroatoms. The highest BCUT2D eigenvalue weighted by Gasteiger charge is 2.41. The second-order valence-corrected chi connectivity index (χ2v) is 9.16. The van der Waals surface area contributed by atoms with Gasteiger partial charge in [-0.1, -0.05) is 30.7 Å². The Hall–Kier alpha value is -2.28. The monoisotopic (exact) mass is 392 g/mol. The van der Waals surface area contributed by atoms with E-state index in [0.29, 0.717) is 16.7 Å². The summed E-state index contributed by atoms with van der Waals surface area (Å²) in [6, 6.07) is 5.09. The molecule has 0 saturated heterocycles. The van der Waals surface area contributed by atoms with Crippen molar-refractivity contribution < 1.29 is 21.6 Å². The van der Waals surface area contributed by atoms with Crippen molar-refractivity contribution >= 4 is 30.0 Å². The fourth-order valence-corrected chi connectivity index (χ4v) is 6.10. The average molecular weight is 393 g/mol. The summed E-state index contributed by atoms with van der Waals surface area (Å²) in [5.74, 6) is -0.870. The third-order valence-corrected chi connectivity index (χ3v) is 7.52. The molecule has 6 nitrogen and oxygen atoms in total. The lowest BCUT2D eigenvalue weighted by atomic mass is 9.92. The molecule has 0 spiro atoms. The molecular formula is C18H20N2O4S2. The summed E-state index contributed by atoms with van der Waals surface area (Å²) in [5, 5.41) is -0.486. The number of rotatable bonds is 2. The van der Waals surface area contributed by atoms with Gasteiger partial charge in [0, 0.05) is 5.92 Å². The van der Waals surface area contributed by atoms with Crippen LogP contribution in [0.1, 0.15) is 37.5 Å². The highest BCUT2D eigenvalue weighted by molar-refractivity contribution is 8.10. The first kappa shape index (κ1) is 20.0. The maximum atomic E-state index is 13.3. The third-order valence-electron chi connectivity index (χ3n) is 4.42. The van der Waals surface area contributed by atoms with E-state index < -0.39 is 31.1 Å². The number of hydrogen-bond donors (Lipinski definition) is 0. The zero-order chi connectivity index (χ0) is 19.8. The van der Waals surface area contributed by atoms with Crippen molar-refractivity contribution in [2.24, 2.45) is 5.92 Å². The maximum absolute atomic E-state index is 13.3. The first-order valence-electron chi connectivity index (χ1n) is 7.92. The Labute approximate surface area is 154 Å². The molecule has 0 saturated carbocycles. The molecule has 1 aliphatic rings. The minimum absolute atomic E-state index is 0.0205. The Balaban J connectivity index is 2.78.